The zero-order chi connectivity index (χ0) is 17.4. The molecule has 0 radical (unpaired) electrons. The molecule has 1 unspecified atom stereocenters. The molecule has 0 aromatic rings. The lowest BCUT2D eigenvalue weighted by Gasteiger charge is -2.25. The first-order valence-corrected chi connectivity index (χ1v) is 8.02. The van der Waals surface area contributed by atoms with Crippen molar-refractivity contribution in [3.63, 3.8) is 0 Å². The summed E-state index contributed by atoms with van der Waals surface area (Å²) >= 11 is 0. The maximum atomic E-state index is 5.94. The molecule has 0 aromatic heterocycles. The molecule has 0 saturated heterocycles. The first kappa shape index (κ1) is 18.9. The Morgan fingerprint density at radius 3 is 2.70 bits per heavy atom. The molecule has 1 N–H and O–H groups in total. The summed E-state index contributed by atoms with van der Waals surface area (Å²) in [6.45, 7) is 18.2. The smallest absolute Gasteiger partial charge is 0.182 e. The van der Waals surface area contributed by atoms with Crippen LogP contribution in [0, 0.1) is 5.92 Å². The predicted molar refractivity (Wildman–Crippen MR) is 97.3 cm³/mol. The standard InChI is InChI=1S/C20H29NO2/c1-8-14(2)20-16(4)13-19(23-17(20)5)15(3)11-9-10-12-21-18(6)22-7/h10,12-13,15,21H,2,5-6,8-9,11H2,1,3-4,7H3/b12-10+. The molecule has 3 nitrogen and oxygen atoms in total. The summed E-state index contributed by atoms with van der Waals surface area (Å²) < 4.78 is 10.9. The van der Waals surface area contributed by atoms with Crippen LogP contribution >= 0.6 is 0 Å². The Morgan fingerprint density at radius 2 is 2.13 bits per heavy atom. The van der Waals surface area contributed by atoms with Crippen molar-refractivity contribution in [3.8, 4) is 0 Å². The molecule has 23 heavy (non-hydrogen) atoms. The Kier molecular flexibility index (Phi) is 7.46. The van der Waals surface area contributed by atoms with Gasteiger partial charge >= 0.3 is 0 Å². The van der Waals surface area contributed by atoms with Gasteiger partial charge in [-0.15, -0.1) is 0 Å². The van der Waals surface area contributed by atoms with E-state index in [4.69, 9.17) is 9.47 Å². The number of nitrogens with one attached hydrogen (secondary N) is 1. The van der Waals surface area contributed by atoms with Crippen molar-refractivity contribution >= 4 is 0 Å². The van der Waals surface area contributed by atoms with Crippen LogP contribution in [0.2, 0.25) is 0 Å². The third-order valence-corrected chi connectivity index (χ3v) is 3.91. The second-order valence-electron chi connectivity index (χ2n) is 5.74. The van der Waals surface area contributed by atoms with E-state index in [1.807, 2.05) is 6.20 Å². The fourth-order valence-corrected chi connectivity index (χ4v) is 2.41. The fourth-order valence-electron chi connectivity index (χ4n) is 2.41. The lowest BCUT2D eigenvalue weighted by molar-refractivity contribution is 0.259. The van der Waals surface area contributed by atoms with Crippen molar-refractivity contribution in [3.05, 3.63) is 72.2 Å². The lowest BCUT2D eigenvalue weighted by atomic mass is 9.93. The zero-order valence-corrected chi connectivity index (χ0v) is 14.9. The summed E-state index contributed by atoms with van der Waals surface area (Å²) in [5, 5.41) is 2.95. The summed E-state index contributed by atoms with van der Waals surface area (Å²) in [5.41, 5.74) is 3.32. The molecule has 0 aromatic carbocycles. The number of hydrogen-bond acceptors (Lipinski definition) is 3. The van der Waals surface area contributed by atoms with Gasteiger partial charge in [-0.1, -0.05) is 33.1 Å². The second kappa shape index (κ2) is 9.09. The van der Waals surface area contributed by atoms with Gasteiger partial charge in [-0.3, -0.25) is 0 Å². The van der Waals surface area contributed by atoms with Crippen LogP contribution in [0.5, 0.6) is 0 Å². The van der Waals surface area contributed by atoms with Crippen LogP contribution in [-0.2, 0) is 9.47 Å². The molecule has 0 bridgehead atoms. The molecule has 3 heteroatoms. The van der Waals surface area contributed by atoms with Gasteiger partial charge in [-0.05, 0) is 56.2 Å². The van der Waals surface area contributed by atoms with Crippen LogP contribution in [0.1, 0.15) is 40.0 Å². The second-order valence-corrected chi connectivity index (χ2v) is 5.74. The zero-order valence-electron chi connectivity index (χ0n) is 14.9. The van der Waals surface area contributed by atoms with Crippen LogP contribution in [0.15, 0.2) is 72.2 Å². The fraction of sp³-hybridized carbons (Fsp3) is 0.400. The number of ether oxygens (including phenoxy) is 2. The van der Waals surface area contributed by atoms with Gasteiger partial charge in [0.2, 0.25) is 0 Å². The molecule has 0 spiro atoms. The summed E-state index contributed by atoms with van der Waals surface area (Å²) in [6.07, 6.45) is 8.86. The number of allylic oxidation sites excluding steroid dienone is 5. The highest BCUT2D eigenvalue weighted by molar-refractivity contribution is 5.50. The van der Waals surface area contributed by atoms with Gasteiger partial charge < -0.3 is 14.8 Å². The molecule has 1 aliphatic heterocycles. The van der Waals surface area contributed by atoms with Crippen LogP contribution in [-0.4, -0.2) is 7.11 Å². The Labute approximate surface area is 140 Å². The third kappa shape index (κ3) is 5.51. The minimum Gasteiger partial charge on any atom is -0.483 e. The third-order valence-electron chi connectivity index (χ3n) is 3.91. The molecular formula is C20H29NO2. The highest BCUT2D eigenvalue weighted by Gasteiger charge is 2.20. The van der Waals surface area contributed by atoms with Gasteiger partial charge in [-0.25, -0.2) is 0 Å². The van der Waals surface area contributed by atoms with Gasteiger partial charge in [0.25, 0.3) is 0 Å². The summed E-state index contributed by atoms with van der Waals surface area (Å²) in [4.78, 5) is 0. The predicted octanol–water partition coefficient (Wildman–Crippen LogP) is 5.33. The van der Waals surface area contributed by atoms with Crippen molar-refractivity contribution in [1.29, 1.82) is 0 Å². The largest absolute Gasteiger partial charge is 0.483 e. The first-order chi connectivity index (χ1) is 10.9. The van der Waals surface area contributed by atoms with Gasteiger partial charge in [0.15, 0.2) is 5.88 Å². The topological polar surface area (TPSA) is 30.5 Å². The van der Waals surface area contributed by atoms with Crippen molar-refractivity contribution in [2.75, 3.05) is 7.11 Å². The van der Waals surface area contributed by atoms with E-state index < -0.39 is 0 Å². The van der Waals surface area contributed by atoms with E-state index in [0.29, 0.717) is 17.6 Å². The molecule has 0 fully saturated rings. The van der Waals surface area contributed by atoms with Gasteiger partial charge in [0, 0.05) is 11.5 Å². The van der Waals surface area contributed by atoms with E-state index in [9.17, 15) is 0 Å². The van der Waals surface area contributed by atoms with Crippen LogP contribution in [0.4, 0.5) is 0 Å². The molecular weight excluding hydrogens is 286 g/mol. The minimum atomic E-state index is 0.327. The van der Waals surface area contributed by atoms with Gasteiger partial charge in [-0.2, -0.15) is 0 Å². The van der Waals surface area contributed by atoms with E-state index in [2.05, 4.69) is 58.0 Å². The molecule has 0 amide bonds. The first-order valence-electron chi connectivity index (χ1n) is 8.02. The number of hydrogen-bond donors (Lipinski definition) is 1. The maximum Gasteiger partial charge on any atom is 0.182 e. The molecule has 1 atom stereocenters. The Morgan fingerprint density at radius 1 is 1.43 bits per heavy atom. The van der Waals surface area contributed by atoms with E-state index in [-0.39, 0.29) is 0 Å². The van der Waals surface area contributed by atoms with Crippen LogP contribution in [0.3, 0.4) is 0 Å². The molecule has 0 saturated carbocycles. The Bertz CT molecular complexity index is 564. The van der Waals surface area contributed by atoms with E-state index in [0.717, 1.165) is 36.2 Å². The van der Waals surface area contributed by atoms with E-state index in [1.165, 1.54) is 5.57 Å². The minimum absolute atomic E-state index is 0.327. The normalized spacial score (nSPS) is 16.0. The van der Waals surface area contributed by atoms with E-state index >= 15 is 0 Å². The van der Waals surface area contributed by atoms with Gasteiger partial charge in [0.1, 0.15) is 11.5 Å². The van der Waals surface area contributed by atoms with Gasteiger partial charge in [0.05, 0.1) is 7.11 Å². The highest BCUT2D eigenvalue weighted by Crippen LogP contribution is 2.34. The average molecular weight is 315 g/mol. The van der Waals surface area contributed by atoms with Crippen molar-refractivity contribution in [2.24, 2.45) is 5.92 Å². The molecule has 126 valence electrons. The molecule has 1 rings (SSSR count). The van der Waals surface area contributed by atoms with Crippen molar-refractivity contribution in [2.45, 2.75) is 40.0 Å². The summed E-state index contributed by atoms with van der Waals surface area (Å²) in [7, 11) is 1.59. The quantitative estimate of drug-likeness (QED) is 0.583. The maximum absolute atomic E-state index is 5.94. The Balaban J connectivity index is 2.62. The summed E-state index contributed by atoms with van der Waals surface area (Å²) in [6, 6.07) is 0. The Hall–Kier alpha value is -2.16. The average Bonchev–Trinajstić information content (AvgIpc) is 2.52. The monoisotopic (exact) mass is 315 g/mol. The number of methoxy groups -OCH3 is 1. The molecule has 0 aliphatic carbocycles. The van der Waals surface area contributed by atoms with E-state index in [1.54, 1.807) is 7.11 Å². The molecule has 1 heterocycles. The van der Waals surface area contributed by atoms with Crippen LogP contribution < -0.4 is 5.32 Å². The molecule has 1 aliphatic rings. The van der Waals surface area contributed by atoms with Crippen molar-refractivity contribution in [1.82, 2.24) is 5.32 Å². The van der Waals surface area contributed by atoms with Crippen LogP contribution in [0.25, 0.3) is 0 Å². The SMILES string of the molecule is C=C(N/C=C/CCC(C)C1=CC(C)=C(C(=C)CC)C(=C)O1)OC. The summed E-state index contributed by atoms with van der Waals surface area (Å²) in [5.74, 6) is 2.55. The number of rotatable bonds is 9. The van der Waals surface area contributed by atoms with Crippen molar-refractivity contribution < 1.29 is 9.47 Å². The highest BCUT2D eigenvalue weighted by atomic mass is 16.5. The lowest BCUT2D eigenvalue weighted by Crippen LogP contribution is -2.11.